The molecule has 1 saturated heterocycles. The summed E-state index contributed by atoms with van der Waals surface area (Å²) in [6.45, 7) is 3.75. The maximum absolute atomic E-state index is 14.8. The van der Waals surface area contributed by atoms with Crippen molar-refractivity contribution in [1.82, 2.24) is 28.6 Å². The Labute approximate surface area is 221 Å². The SMILES string of the molecule is Cn1c(=O)n(CCN2CCN(c3cc4c(cc3F)NC(=O)C4)CC2)c2nc(N)n3nc(-c4ccco4)cc3c21. The van der Waals surface area contributed by atoms with Gasteiger partial charge in [-0.2, -0.15) is 14.6 Å². The predicted molar refractivity (Wildman–Crippen MR) is 143 cm³/mol. The Morgan fingerprint density at radius 2 is 1.95 bits per heavy atom. The minimum atomic E-state index is -0.336. The maximum Gasteiger partial charge on any atom is 0.330 e. The van der Waals surface area contributed by atoms with Gasteiger partial charge in [0.2, 0.25) is 11.9 Å². The van der Waals surface area contributed by atoms with Crippen molar-refractivity contribution in [2.45, 2.75) is 13.0 Å². The molecule has 4 aromatic heterocycles. The van der Waals surface area contributed by atoms with Gasteiger partial charge in [0, 0.05) is 52.0 Å². The lowest BCUT2D eigenvalue weighted by molar-refractivity contribution is -0.115. The lowest BCUT2D eigenvalue weighted by atomic mass is 10.1. The van der Waals surface area contributed by atoms with Gasteiger partial charge in [-0.1, -0.05) is 0 Å². The zero-order valence-corrected chi connectivity index (χ0v) is 21.2. The van der Waals surface area contributed by atoms with Crippen molar-refractivity contribution in [3.8, 4) is 11.5 Å². The number of nitrogen functional groups attached to an aromatic ring is 1. The van der Waals surface area contributed by atoms with E-state index in [4.69, 9.17) is 10.2 Å². The van der Waals surface area contributed by atoms with Crippen LogP contribution in [0.25, 0.3) is 28.1 Å². The molecular formula is C26H26FN9O3. The summed E-state index contributed by atoms with van der Waals surface area (Å²) in [5.41, 5.74) is 10.4. The number of nitrogens with zero attached hydrogens (tertiary/aromatic N) is 7. The van der Waals surface area contributed by atoms with Gasteiger partial charge in [0.15, 0.2) is 11.4 Å². The highest BCUT2D eigenvalue weighted by atomic mass is 19.1. The number of anilines is 3. The van der Waals surface area contributed by atoms with Gasteiger partial charge in [-0.15, -0.1) is 0 Å². The van der Waals surface area contributed by atoms with Gasteiger partial charge in [0.25, 0.3) is 0 Å². The maximum atomic E-state index is 14.8. The topological polar surface area (TPSA) is 132 Å². The molecule has 0 saturated carbocycles. The smallest absolute Gasteiger partial charge is 0.330 e. The number of carbonyl (C=O) groups excluding carboxylic acids is 1. The van der Waals surface area contributed by atoms with E-state index in [9.17, 15) is 14.0 Å². The number of halogens is 1. The van der Waals surface area contributed by atoms with E-state index in [1.807, 2.05) is 17.0 Å². The first kappa shape index (κ1) is 23.5. The molecule has 13 heteroatoms. The highest BCUT2D eigenvalue weighted by Crippen LogP contribution is 2.31. The minimum Gasteiger partial charge on any atom is -0.463 e. The first-order chi connectivity index (χ1) is 18.9. The van der Waals surface area contributed by atoms with Crippen LogP contribution in [0.5, 0.6) is 0 Å². The molecule has 200 valence electrons. The molecule has 1 amide bonds. The third-order valence-corrected chi connectivity index (χ3v) is 7.63. The highest BCUT2D eigenvalue weighted by Gasteiger charge is 2.25. The number of hydrogen-bond acceptors (Lipinski definition) is 8. The number of nitrogens with two attached hydrogens (primary N) is 1. The number of amides is 1. The van der Waals surface area contributed by atoms with E-state index in [0.717, 1.165) is 5.56 Å². The van der Waals surface area contributed by atoms with Gasteiger partial charge < -0.3 is 20.4 Å². The molecule has 6 heterocycles. The van der Waals surface area contributed by atoms with Gasteiger partial charge in [-0.05, 0) is 35.9 Å². The van der Waals surface area contributed by atoms with Crippen LogP contribution in [0.15, 0.2) is 45.8 Å². The monoisotopic (exact) mass is 531 g/mol. The summed E-state index contributed by atoms with van der Waals surface area (Å²) in [6, 6.07) is 8.61. The molecule has 39 heavy (non-hydrogen) atoms. The van der Waals surface area contributed by atoms with Crippen molar-refractivity contribution >= 4 is 39.9 Å². The Morgan fingerprint density at radius 1 is 1.13 bits per heavy atom. The number of rotatable bonds is 5. The van der Waals surface area contributed by atoms with E-state index in [0.29, 0.717) is 78.8 Å². The Balaban J connectivity index is 1.10. The van der Waals surface area contributed by atoms with Crippen molar-refractivity contribution in [2.24, 2.45) is 7.05 Å². The zero-order valence-electron chi connectivity index (χ0n) is 21.2. The molecule has 5 aromatic rings. The molecule has 3 N–H and O–H groups in total. The van der Waals surface area contributed by atoms with E-state index in [1.54, 1.807) is 34.6 Å². The van der Waals surface area contributed by atoms with E-state index in [2.05, 4.69) is 20.3 Å². The number of fused-ring (bicyclic) bond motifs is 4. The molecule has 0 unspecified atom stereocenters. The van der Waals surface area contributed by atoms with Crippen LogP contribution in [0, 0.1) is 5.82 Å². The normalized spacial score (nSPS) is 15.9. The number of furan rings is 1. The Bertz CT molecular complexity index is 1810. The average Bonchev–Trinajstić information content (AvgIpc) is 3.70. The van der Waals surface area contributed by atoms with Crippen LogP contribution in [-0.4, -0.2) is 67.3 Å². The van der Waals surface area contributed by atoms with Crippen LogP contribution in [0.4, 0.5) is 21.7 Å². The molecule has 2 aliphatic rings. The number of piperazine rings is 1. The number of carbonyl (C=O) groups is 1. The number of hydrogen-bond donors (Lipinski definition) is 2. The number of aryl methyl sites for hydroxylation is 1. The third-order valence-electron chi connectivity index (χ3n) is 7.63. The summed E-state index contributed by atoms with van der Waals surface area (Å²) >= 11 is 0. The van der Waals surface area contributed by atoms with Crippen molar-refractivity contribution in [2.75, 3.05) is 48.7 Å². The molecular weight excluding hydrogens is 505 g/mol. The van der Waals surface area contributed by atoms with Gasteiger partial charge >= 0.3 is 5.69 Å². The van der Waals surface area contributed by atoms with Crippen LogP contribution in [-0.2, 0) is 24.8 Å². The van der Waals surface area contributed by atoms with Gasteiger partial charge in [0.1, 0.15) is 17.0 Å². The molecule has 0 radical (unpaired) electrons. The predicted octanol–water partition coefficient (Wildman–Crippen LogP) is 1.68. The first-order valence-corrected chi connectivity index (χ1v) is 12.8. The van der Waals surface area contributed by atoms with Crippen LogP contribution >= 0.6 is 0 Å². The fraction of sp³-hybridized carbons (Fsp3) is 0.308. The summed E-state index contributed by atoms with van der Waals surface area (Å²) in [5, 5.41) is 7.21. The van der Waals surface area contributed by atoms with E-state index in [1.165, 1.54) is 10.6 Å². The first-order valence-electron chi connectivity index (χ1n) is 12.8. The molecule has 0 bridgehead atoms. The zero-order chi connectivity index (χ0) is 26.8. The van der Waals surface area contributed by atoms with Crippen molar-refractivity contribution < 1.29 is 13.6 Å². The number of aromatic nitrogens is 5. The summed E-state index contributed by atoms with van der Waals surface area (Å²) in [5.74, 6) is 0.325. The van der Waals surface area contributed by atoms with Crippen LogP contribution < -0.4 is 21.6 Å². The van der Waals surface area contributed by atoms with Crippen LogP contribution in [0.2, 0.25) is 0 Å². The van der Waals surface area contributed by atoms with Gasteiger partial charge in [0.05, 0.1) is 23.9 Å². The van der Waals surface area contributed by atoms with E-state index in [-0.39, 0.29) is 29.8 Å². The fourth-order valence-corrected chi connectivity index (χ4v) is 5.60. The summed E-state index contributed by atoms with van der Waals surface area (Å²) in [7, 11) is 1.71. The lowest BCUT2D eigenvalue weighted by Gasteiger charge is -2.36. The second-order valence-electron chi connectivity index (χ2n) is 9.95. The number of benzene rings is 1. The second kappa shape index (κ2) is 8.70. The third kappa shape index (κ3) is 3.76. The van der Waals surface area contributed by atoms with Gasteiger partial charge in [-0.25, -0.2) is 9.18 Å². The highest BCUT2D eigenvalue weighted by molar-refractivity contribution is 5.99. The van der Waals surface area contributed by atoms with Crippen LogP contribution in [0.1, 0.15) is 5.56 Å². The number of nitrogens with one attached hydrogen (secondary N) is 1. The van der Waals surface area contributed by atoms with Crippen molar-refractivity contribution in [3.05, 3.63) is 58.5 Å². The average molecular weight is 532 g/mol. The number of imidazole rings is 1. The van der Waals surface area contributed by atoms with Crippen LogP contribution in [0.3, 0.4) is 0 Å². The summed E-state index contributed by atoms with van der Waals surface area (Å²) in [4.78, 5) is 33.7. The van der Waals surface area contributed by atoms with Gasteiger partial charge in [-0.3, -0.25) is 18.8 Å². The molecule has 0 atom stereocenters. The minimum absolute atomic E-state index is 0.113. The van der Waals surface area contributed by atoms with E-state index >= 15 is 0 Å². The summed E-state index contributed by atoms with van der Waals surface area (Å²) in [6.07, 6.45) is 1.85. The summed E-state index contributed by atoms with van der Waals surface area (Å²) < 4.78 is 25.0. The molecule has 1 aromatic carbocycles. The van der Waals surface area contributed by atoms with Crippen molar-refractivity contribution in [3.63, 3.8) is 0 Å². The molecule has 1 fully saturated rings. The quantitative estimate of drug-likeness (QED) is 0.350. The Kier molecular flexibility index (Phi) is 5.23. The molecule has 12 nitrogen and oxygen atoms in total. The molecule has 0 aliphatic carbocycles. The van der Waals surface area contributed by atoms with E-state index < -0.39 is 0 Å². The molecule has 2 aliphatic heterocycles. The van der Waals surface area contributed by atoms with Crippen molar-refractivity contribution in [1.29, 1.82) is 0 Å². The fourth-order valence-electron chi connectivity index (χ4n) is 5.60. The lowest BCUT2D eigenvalue weighted by Crippen LogP contribution is -2.47. The molecule has 0 spiro atoms. The largest absolute Gasteiger partial charge is 0.463 e. The standard InChI is InChI=1S/C26H26FN9O3/c1-32-23-20-14-18(21-3-2-10-39-21)31-36(20)25(28)30-24(23)35(26(32)38)9-6-33-4-7-34(8-5-33)19-11-15-12-22(37)29-17(15)13-16(19)27/h2-3,10-11,13-14H,4-9,12H2,1H3,(H2,28,30)(H,29,37). The Morgan fingerprint density at radius 3 is 2.72 bits per heavy atom. The second-order valence-corrected chi connectivity index (χ2v) is 9.95. The molecule has 7 rings (SSSR count). The Hall–Kier alpha value is -4.65.